The standard InChI is InChI=1S/C35H30IN3O7S/c1-44-28-17-21(18-29(45-2)32(28)46-3)16-27(38-33(41)22-8-5-4-6-9-22)34(42)37-24-10-7-11-26(19-24)47-30-20-31(40)39(35(30)43)25-14-12-23(36)13-15-25/h4-19,30H,20H2,1-3H3,(H,37,42)(H,38,41). The van der Waals surface area contributed by atoms with Gasteiger partial charge in [-0.05, 0) is 101 Å². The molecule has 0 aliphatic carbocycles. The number of nitrogens with one attached hydrogen (secondary N) is 2. The molecule has 4 aromatic carbocycles. The smallest absolute Gasteiger partial charge is 0.272 e. The lowest BCUT2D eigenvalue weighted by Gasteiger charge is -2.16. The summed E-state index contributed by atoms with van der Waals surface area (Å²) in [5.74, 6) is -0.517. The van der Waals surface area contributed by atoms with Crippen molar-refractivity contribution in [2.24, 2.45) is 0 Å². The minimum absolute atomic E-state index is 0.0455. The second-order valence-electron chi connectivity index (χ2n) is 10.2. The molecule has 0 aromatic heterocycles. The van der Waals surface area contributed by atoms with Gasteiger partial charge in [0.2, 0.25) is 17.6 Å². The number of amides is 4. The Labute approximate surface area is 289 Å². The summed E-state index contributed by atoms with van der Waals surface area (Å²) >= 11 is 3.41. The maximum absolute atomic E-state index is 13.7. The van der Waals surface area contributed by atoms with Crippen LogP contribution >= 0.6 is 34.4 Å². The van der Waals surface area contributed by atoms with Crippen molar-refractivity contribution < 1.29 is 33.4 Å². The number of hydrogen-bond acceptors (Lipinski definition) is 8. The SMILES string of the molecule is COc1cc(C=C(NC(=O)c2ccccc2)C(=O)Nc2cccc(SC3CC(=O)N(c4ccc(I)cc4)C3=O)c2)cc(OC)c1OC. The summed E-state index contributed by atoms with van der Waals surface area (Å²) in [4.78, 5) is 54.7. The van der Waals surface area contributed by atoms with Gasteiger partial charge in [-0.25, -0.2) is 4.90 Å². The van der Waals surface area contributed by atoms with E-state index in [4.69, 9.17) is 14.2 Å². The molecule has 2 N–H and O–H groups in total. The highest BCUT2D eigenvalue weighted by Gasteiger charge is 2.40. The van der Waals surface area contributed by atoms with Gasteiger partial charge in [0.15, 0.2) is 11.5 Å². The van der Waals surface area contributed by atoms with Crippen molar-refractivity contribution in [3.8, 4) is 17.2 Å². The summed E-state index contributed by atoms with van der Waals surface area (Å²) in [5.41, 5.74) is 1.79. The summed E-state index contributed by atoms with van der Waals surface area (Å²) in [5, 5.41) is 4.94. The van der Waals surface area contributed by atoms with Crippen LogP contribution < -0.4 is 29.7 Å². The van der Waals surface area contributed by atoms with Gasteiger partial charge in [-0.2, -0.15) is 0 Å². The van der Waals surface area contributed by atoms with Crippen molar-refractivity contribution in [2.75, 3.05) is 31.5 Å². The highest BCUT2D eigenvalue weighted by Crippen LogP contribution is 2.39. The number of imide groups is 1. The fourth-order valence-corrected chi connectivity index (χ4v) is 6.33. The van der Waals surface area contributed by atoms with Gasteiger partial charge >= 0.3 is 0 Å². The first-order valence-corrected chi connectivity index (χ1v) is 16.2. The van der Waals surface area contributed by atoms with E-state index in [1.807, 2.05) is 12.1 Å². The lowest BCUT2D eigenvalue weighted by molar-refractivity contribution is -0.121. The molecule has 1 fully saturated rings. The molecule has 1 aliphatic heterocycles. The fraction of sp³-hybridized carbons (Fsp3) is 0.143. The van der Waals surface area contributed by atoms with Gasteiger partial charge in [0.05, 0.1) is 32.3 Å². The second-order valence-corrected chi connectivity index (χ2v) is 12.7. The largest absolute Gasteiger partial charge is 0.493 e. The van der Waals surface area contributed by atoms with E-state index in [2.05, 4.69) is 33.2 Å². The molecule has 5 rings (SSSR count). The third kappa shape index (κ3) is 7.95. The van der Waals surface area contributed by atoms with Crippen molar-refractivity contribution in [2.45, 2.75) is 16.6 Å². The zero-order chi connectivity index (χ0) is 33.5. The van der Waals surface area contributed by atoms with Crippen molar-refractivity contribution in [3.05, 3.63) is 111 Å². The predicted octanol–water partition coefficient (Wildman–Crippen LogP) is 6.15. The van der Waals surface area contributed by atoms with Crippen LogP contribution in [0, 0.1) is 3.57 Å². The van der Waals surface area contributed by atoms with Crippen LogP contribution in [-0.2, 0) is 14.4 Å². The molecule has 1 unspecified atom stereocenters. The number of halogens is 1. The zero-order valence-corrected chi connectivity index (χ0v) is 28.6. The maximum Gasteiger partial charge on any atom is 0.272 e. The van der Waals surface area contributed by atoms with Crippen LogP contribution in [0.5, 0.6) is 17.2 Å². The van der Waals surface area contributed by atoms with Crippen molar-refractivity contribution in [1.82, 2.24) is 5.32 Å². The molecule has 10 nitrogen and oxygen atoms in total. The zero-order valence-electron chi connectivity index (χ0n) is 25.6. The van der Waals surface area contributed by atoms with Gasteiger partial charge in [-0.3, -0.25) is 19.2 Å². The Hall–Kier alpha value is -4.82. The number of ether oxygens (including phenoxy) is 3. The summed E-state index contributed by atoms with van der Waals surface area (Å²) in [7, 11) is 4.45. The molecule has 0 spiro atoms. The lowest BCUT2D eigenvalue weighted by atomic mass is 10.1. The van der Waals surface area contributed by atoms with E-state index in [-0.39, 0.29) is 23.9 Å². The van der Waals surface area contributed by atoms with Crippen LogP contribution in [-0.4, -0.2) is 50.2 Å². The third-order valence-corrected chi connectivity index (χ3v) is 8.99. The minimum Gasteiger partial charge on any atom is -0.493 e. The van der Waals surface area contributed by atoms with Gasteiger partial charge in [0.25, 0.3) is 11.8 Å². The van der Waals surface area contributed by atoms with Gasteiger partial charge in [0.1, 0.15) is 5.70 Å². The molecule has 0 saturated carbocycles. The molecule has 47 heavy (non-hydrogen) atoms. The van der Waals surface area contributed by atoms with E-state index in [1.165, 1.54) is 44.1 Å². The molecule has 12 heteroatoms. The van der Waals surface area contributed by atoms with Crippen LogP contribution in [0.25, 0.3) is 6.08 Å². The third-order valence-electron chi connectivity index (χ3n) is 7.09. The Morgan fingerprint density at radius 1 is 0.872 bits per heavy atom. The fourth-order valence-electron chi connectivity index (χ4n) is 4.86. The summed E-state index contributed by atoms with van der Waals surface area (Å²) in [6.45, 7) is 0. The van der Waals surface area contributed by atoms with E-state index in [9.17, 15) is 19.2 Å². The van der Waals surface area contributed by atoms with Gasteiger partial charge in [-0.15, -0.1) is 11.8 Å². The number of anilines is 2. The average molecular weight is 764 g/mol. The highest BCUT2D eigenvalue weighted by atomic mass is 127. The van der Waals surface area contributed by atoms with Crippen molar-refractivity contribution in [3.63, 3.8) is 0 Å². The van der Waals surface area contributed by atoms with Gasteiger partial charge < -0.3 is 24.8 Å². The van der Waals surface area contributed by atoms with Crippen molar-refractivity contribution >= 4 is 75.4 Å². The van der Waals surface area contributed by atoms with E-state index in [0.29, 0.717) is 44.6 Å². The van der Waals surface area contributed by atoms with E-state index in [0.717, 1.165) is 3.57 Å². The van der Waals surface area contributed by atoms with Crippen LogP contribution in [0.3, 0.4) is 0 Å². The topological polar surface area (TPSA) is 123 Å². The number of thioether (sulfide) groups is 1. The summed E-state index contributed by atoms with van der Waals surface area (Å²) in [6, 6.07) is 26.0. The lowest BCUT2D eigenvalue weighted by Crippen LogP contribution is -2.31. The summed E-state index contributed by atoms with van der Waals surface area (Å²) < 4.78 is 17.3. The van der Waals surface area contributed by atoms with Crippen LogP contribution in [0.4, 0.5) is 11.4 Å². The first-order valence-electron chi connectivity index (χ1n) is 14.3. The minimum atomic E-state index is -0.617. The number of rotatable bonds is 11. The molecule has 1 heterocycles. The van der Waals surface area contributed by atoms with Crippen LogP contribution in [0.1, 0.15) is 22.3 Å². The predicted molar refractivity (Wildman–Crippen MR) is 189 cm³/mol. The van der Waals surface area contributed by atoms with E-state index in [1.54, 1.807) is 78.9 Å². The number of carbonyl (C=O) groups excluding carboxylic acids is 4. The molecular formula is C35H30IN3O7S. The Morgan fingerprint density at radius 3 is 2.19 bits per heavy atom. The molecule has 4 aromatic rings. The first kappa shape index (κ1) is 33.5. The van der Waals surface area contributed by atoms with E-state index < -0.39 is 17.1 Å². The molecule has 1 aliphatic rings. The highest BCUT2D eigenvalue weighted by molar-refractivity contribution is 14.1. The molecule has 1 saturated heterocycles. The average Bonchev–Trinajstić information content (AvgIpc) is 3.36. The number of carbonyl (C=O) groups is 4. The quantitative estimate of drug-likeness (QED) is 0.106. The molecule has 0 bridgehead atoms. The normalized spacial score (nSPS) is 14.5. The maximum atomic E-state index is 13.7. The van der Waals surface area contributed by atoms with Gasteiger partial charge in [0, 0.05) is 26.1 Å². The number of nitrogens with zero attached hydrogens (tertiary/aromatic N) is 1. The number of hydrogen-bond donors (Lipinski definition) is 2. The van der Waals surface area contributed by atoms with Crippen molar-refractivity contribution in [1.29, 1.82) is 0 Å². The monoisotopic (exact) mass is 763 g/mol. The molecule has 240 valence electrons. The Bertz CT molecular complexity index is 1820. The van der Waals surface area contributed by atoms with Crippen LogP contribution in [0.2, 0.25) is 0 Å². The van der Waals surface area contributed by atoms with Gasteiger partial charge in [-0.1, -0.05) is 24.3 Å². The number of methoxy groups -OCH3 is 3. The Kier molecular flexibility index (Phi) is 10.8. The molecular weight excluding hydrogens is 733 g/mol. The molecule has 4 amide bonds. The van der Waals surface area contributed by atoms with E-state index >= 15 is 0 Å². The summed E-state index contributed by atoms with van der Waals surface area (Å²) in [6.07, 6.45) is 1.56. The molecule has 0 radical (unpaired) electrons. The van der Waals surface area contributed by atoms with Crippen LogP contribution in [0.15, 0.2) is 102 Å². The second kappa shape index (κ2) is 15.2. The molecule has 1 atom stereocenters. The first-order chi connectivity index (χ1) is 22.7. The number of benzene rings is 4. The Balaban J connectivity index is 1.38. The Morgan fingerprint density at radius 2 is 1.55 bits per heavy atom.